The predicted molar refractivity (Wildman–Crippen MR) is 180 cm³/mol. The van der Waals surface area contributed by atoms with Gasteiger partial charge in [0.05, 0.1) is 23.8 Å². The molecule has 7 rings (SSSR count). The van der Waals surface area contributed by atoms with Crippen molar-refractivity contribution >= 4 is 33.3 Å². The van der Waals surface area contributed by atoms with Gasteiger partial charge in [0, 0.05) is 41.1 Å². The molecule has 0 bridgehead atoms. The first-order valence-corrected chi connectivity index (χ1v) is 16.0. The van der Waals surface area contributed by atoms with Gasteiger partial charge in [-0.05, 0) is 80.5 Å². The molecule has 48 heavy (non-hydrogen) atoms. The van der Waals surface area contributed by atoms with Gasteiger partial charge in [-0.25, -0.2) is 32.6 Å². The van der Waals surface area contributed by atoms with E-state index in [1.54, 1.807) is 41.3 Å². The molecule has 244 valence electrons. The Labute approximate surface area is 276 Å². The highest BCUT2D eigenvalue weighted by Crippen LogP contribution is 2.38. The fourth-order valence-electron chi connectivity index (χ4n) is 5.50. The number of rotatable bonds is 9. The van der Waals surface area contributed by atoms with Crippen LogP contribution in [0.1, 0.15) is 24.0 Å². The van der Waals surface area contributed by atoms with Gasteiger partial charge in [-0.1, -0.05) is 18.2 Å². The van der Waals surface area contributed by atoms with Gasteiger partial charge in [0.2, 0.25) is 0 Å². The van der Waals surface area contributed by atoms with Gasteiger partial charge >= 0.3 is 11.7 Å². The maximum atomic E-state index is 15.0. The fourth-order valence-corrected chi connectivity index (χ4v) is 6.81. The van der Waals surface area contributed by atoms with Gasteiger partial charge in [-0.3, -0.25) is 9.36 Å². The topological polar surface area (TPSA) is 119 Å². The molecular weight excluding hydrogens is 638 g/mol. The lowest BCUT2D eigenvalue weighted by atomic mass is 10.1. The maximum absolute atomic E-state index is 15.0. The molecular formula is C34H30F2N8O3S. The highest BCUT2D eigenvalue weighted by Gasteiger charge is 2.26. The van der Waals surface area contributed by atoms with Crippen LogP contribution in [0.3, 0.4) is 0 Å². The normalized spacial score (nSPS) is 12.9. The highest BCUT2D eigenvalue weighted by molar-refractivity contribution is 7.22. The van der Waals surface area contributed by atoms with E-state index < -0.39 is 29.4 Å². The summed E-state index contributed by atoms with van der Waals surface area (Å²) >= 11 is 1.19. The molecule has 2 N–H and O–H groups in total. The third-order valence-corrected chi connectivity index (χ3v) is 9.28. The Hall–Kier alpha value is -5.47. The second-order valence-corrected chi connectivity index (χ2v) is 12.8. The van der Waals surface area contributed by atoms with Crippen molar-refractivity contribution in [3.63, 3.8) is 0 Å². The summed E-state index contributed by atoms with van der Waals surface area (Å²) in [6, 6.07) is 15.6. The number of carbonyl (C=O) groups excluding carboxylic acids is 1. The highest BCUT2D eigenvalue weighted by atomic mass is 32.1. The molecule has 4 heterocycles. The number of carbonyl (C=O) groups is 1. The van der Waals surface area contributed by atoms with Crippen LogP contribution in [0, 0.1) is 11.6 Å². The first-order valence-electron chi connectivity index (χ1n) is 15.2. The molecule has 0 aliphatic heterocycles. The maximum Gasteiger partial charge on any atom is 0.338 e. The summed E-state index contributed by atoms with van der Waals surface area (Å²) in [6.07, 6.45) is 6.77. The SMILES string of the molecule is CN(C)Cc1c(-c2ccc(NC(=O)NC3CC3)cc2)sc2c1c(=O)n(-c1ccc(-n3cccn3)cn1)c(=O)n2Cc1c(F)cccc1F. The van der Waals surface area contributed by atoms with Crippen molar-refractivity contribution in [2.45, 2.75) is 32.0 Å². The van der Waals surface area contributed by atoms with Gasteiger partial charge < -0.3 is 15.5 Å². The summed E-state index contributed by atoms with van der Waals surface area (Å²) < 4.78 is 33.7. The molecule has 0 atom stereocenters. The number of thiophene rings is 1. The number of urea groups is 1. The average molecular weight is 669 g/mol. The van der Waals surface area contributed by atoms with Crippen molar-refractivity contribution in [2.24, 2.45) is 0 Å². The van der Waals surface area contributed by atoms with Crippen molar-refractivity contribution in [3.05, 3.63) is 123 Å². The molecule has 6 aromatic rings. The molecule has 1 fully saturated rings. The van der Waals surface area contributed by atoms with Crippen LogP contribution < -0.4 is 21.9 Å². The molecule has 14 heteroatoms. The summed E-state index contributed by atoms with van der Waals surface area (Å²) in [7, 11) is 3.72. The van der Waals surface area contributed by atoms with Gasteiger partial charge in [0.1, 0.15) is 22.3 Å². The number of halogens is 2. The second kappa shape index (κ2) is 12.6. The Morgan fingerprint density at radius 1 is 1.00 bits per heavy atom. The quantitative estimate of drug-likeness (QED) is 0.221. The van der Waals surface area contributed by atoms with E-state index in [0.717, 1.165) is 35.1 Å². The van der Waals surface area contributed by atoms with Crippen molar-refractivity contribution in [1.82, 2.24) is 34.1 Å². The molecule has 1 aliphatic rings. The summed E-state index contributed by atoms with van der Waals surface area (Å²) in [5, 5.41) is 10.1. The Balaban J connectivity index is 1.41. The third-order valence-electron chi connectivity index (χ3n) is 7.97. The molecule has 11 nitrogen and oxygen atoms in total. The van der Waals surface area contributed by atoms with E-state index in [2.05, 4.69) is 20.7 Å². The van der Waals surface area contributed by atoms with Crippen LogP contribution in [0.25, 0.3) is 32.2 Å². The summed E-state index contributed by atoms with van der Waals surface area (Å²) in [5.74, 6) is -1.57. The first-order chi connectivity index (χ1) is 23.2. The van der Waals surface area contributed by atoms with Crippen molar-refractivity contribution in [2.75, 3.05) is 19.4 Å². The number of amides is 2. The molecule has 0 saturated heterocycles. The largest absolute Gasteiger partial charge is 0.338 e. The molecule has 1 saturated carbocycles. The number of hydrogen-bond acceptors (Lipinski definition) is 7. The van der Waals surface area contributed by atoms with Crippen LogP contribution in [0.15, 0.2) is 88.8 Å². The van der Waals surface area contributed by atoms with Gasteiger partial charge in [0.15, 0.2) is 0 Å². The van der Waals surface area contributed by atoms with Crippen LogP contribution in [-0.4, -0.2) is 55.0 Å². The number of nitrogens with zero attached hydrogens (tertiary/aromatic N) is 6. The van der Waals surface area contributed by atoms with Crippen LogP contribution >= 0.6 is 11.3 Å². The predicted octanol–water partition coefficient (Wildman–Crippen LogP) is 5.13. The van der Waals surface area contributed by atoms with E-state index in [4.69, 9.17) is 0 Å². The summed E-state index contributed by atoms with van der Waals surface area (Å²) in [6.45, 7) is -0.133. The molecule has 2 amide bonds. The number of hydrogen-bond donors (Lipinski definition) is 2. The number of nitrogens with one attached hydrogen (secondary N) is 2. The molecule has 0 unspecified atom stereocenters. The van der Waals surface area contributed by atoms with Crippen LogP contribution in [0.5, 0.6) is 0 Å². The molecule has 1 aliphatic carbocycles. The standard InChI is InChI=1S/C34H30F2N8O3S/c1-41(2)18-25-29-31(45)44(28-14-13-23(17-37-28)43-16-4-15-38-43)34(47)42(19-24-26(35)5-3-6-27(24)36)32(29)48-30(25)20-7-9-21(10-8-20)39-33(46)40-22-11-12-22/h3-10,13-17,22H,11-12,18-19H2,1-2H3,(H2,39,40,46). The monoisotopic (exact) mass is 668 g/mol. The van der Waals surface area contributed by atoms with Crippen LogP contribution in [-0.2, 0) is 13.1 Å². The van der Waals surface area contributed by atoms with Crippen molar-refractivity contribution in [3.8, 4) is 21.9 Å². The van der Waals surface area contributed by atoms with E-state index in [0.29, 0.717) is 28.4 Å². The number of anilines is 1. The lowest BCUT2D eigenvalue weighted by molar-refractivity contribution is 0.251. The lowest BCUT2D eigenvalue weighted by Gasteiger charge is -2.15. The summed E-state index contributed by atoms with van der Waals surface area (Å²) in [5.41, 5.74) is 0.879. The molecule has 2 aromatic carbocycles. The van der Waals surface area contributed by atoms with E-state index >= 15 is 0 Å². The second-order valence-electron chi connectivity index (χ2n) is 11.8. The zero-order chi connectivity index (χ0) is 33.5. The van der Waals surface area contributed by atoms with Gasteiger partial charge in [0.25, 0.3) is 5.56 Å². The Morgan fingerprint density at radius 2 is 1.75 bits per heavy atom. The molecule has 4 aromatic heterocycles. The van der Waals surface area contributed by atoms with Crippen molar-refractivity contribution in [1.29, 1.82) is 0 Å². The smallest absolute Gasteiger partial charge is 0.335 e. The molecule has 0 spiro atoms. The van der Waals surface area contributed by atoms with Gasteiger partial charge in [-0.15, -0.1) is 11.3 Å². The minimum Gasteiger partial charge on any atom is -0.335 e. The van der Waals surface area contributed by atoms with Gasteiger partial charge in [-0.2, -0.15) is 5.10 Å². The average Bonchev–Trinajstić information content (AvgIpc) is 3.54. The lowest BCUT2D eigenvalue weighted by Crippen LogP contribution is -2.39. The first kappa shape index (κ1) is 31.1. The van der Waals surface area contributed by atoms with Crippen LogP contribution in [0.2, 0.25) is 0 Å². The zero-order valence-electron chi connectivity index (χ0n) is 26.0. The zero-order valence-corrected chi connectivity index (χ0v) is 26.8. The minimum atomic E-state index is -0.811. The van der Waals surface area contributed by atoms with Crippen LogP contribution in [0.4, 0.5) is 19.3 Å². The van der Waals surface area contributed by atoms with E-state index in [1.165, 1.54) is 34.2 Å². The molecule has 0 radical (unpaired) electrons. The minimum absolute atomic E-state index is 0.0500. The third kappa shape index (κ3) is 6.02. The van der Waals surface area contributed by atoms with E-state index in [1.807, 2.05) is 31.1 Å². The Kier molecular flexibility index (Phi) is 8.19. The Bertz CT molecular complexity index is 2240. The van der Waals surface area contributed by atoms with E-state index in [9.17, 15) is 23.2 Å². The number of pyridine rings is 1. The number of benzene rings is 2. The van der Waals surface area contributed by atoms with E-state index in [-0.39, 0.29) is 33.7 Å². The van der Waals surface area contributed by atoms with Crippen molar-refractivity contribution < 1.29 is 13.6 Å². The summed E-state index contributed by atoms with van der Waals surface area (Å²) in [4.78, 5) is 48.2. The Morgan fingerprint density at radius 3 is 2.38 bits per heavy atom. The number of fused-ring (bicyclic) bond motifs is 1. The fraction of sp³-hybridized carbons (Fsp3) is 0.206. The number of aromatic nitrogens is 5.